The van der Waals surface area contributed by atoms with E-state index in [2.05, 4.69) is 23.8 Å². The molecule has 0 aliphatic heterocycles. The summed E-state index contributed by atoms with van der Waals surface area (Å²) in [6, 6.07) is 18.2. The first-order valence-corrected chi connectivity index (χ1v) is 11.0. The summed E-state index contributed by atoms with van der Waals surface area (Å²) >= 11 is 0. The van der Waals surface area contributed by atoms with Gasteiger partial charge in [0.25, 0.3) is 10.0 Å². The Kier molecular flexibility index (Phi) is 4.78. The Balaban J connectivity index is 1.77. The molecule has 0 bridgehead atoms. The van der Waals surface area contributed by atoms with Crippen LogP contribution in [0.4, 0.5) is 0 Å². The molecule has 29 heavy (non-hydrogen) atoms. The second-order valence-electron chi connectivity index (χ2n) is 8.14. The van der Waals surface area contributed by atoms with Crippen molar-refractivity contribution < 1.29 is 8.42 Å². The maximum Gasteiger partial charge on any atom is 0.276 e. The van der Waals surface area contributed by atoms with Crippen LogP contribution in [0.15, 0.2) is 70.7 Å². The third kappa shape index (κ3) is 3.82. The molecule has 1 aliphatic carbocycles. The Morgan fingerprint density at radius 2 is 1.62 bits per heavy atom. The standard InChI is InChI=1S/C22H24N4O2S/c1-16-21-19(23-25-29(27,28)18-12-8-5-9-13-18)14-22(2,3)15-20(21)26(24-16)17-10-6-4-7-11-17/h4-13,25H,14-15H2,1-3H3/b23-19+. The molecule has 0 atom stereocenters. The number of hydrogen-bond acceptors (Lipinski definition) is 4. The number of rotatable bonds is 4. The smallest absolute Gasteiger partial charge is 0.237 e. The molecule has 7 heteroatoms. The van der Waals surface area contributed by atoms with Gasteiger partial charge in [-0.05, 0) is 49.4 Å². The van der Waals surface area contributed by atoms with Crippen LogP contribution in [0.1, 0.15) is 37.2 Å². The van der Waals surface area contributed by atoms with Gasteiger partial charge in [-0.2, -0.15) is 23.4 Å². The zero-order valence-corrected chi connectivity index (χ0v) is 17.6. The second kappa shape index (κ2) is 7.15. The van der Waals surface area contributed by atoms with E-state index in [0.717, 1.165) is 34.8 Å². The molecule has 1 heterocycles. The Labute approximate surface area is 171 Å². The molecule has 6 nitrogen and oxygen atoms in total. The first-order valence-electron chi connectivity index (χ1n) is 9.55. The minimum Gasteiger partial charge on any atom is -0.237 e. The van der Waals surface area contributed by atoms with E-state index in [-0.39, 0.29) is 10.3 Å². The van der Waals surface area contributed by atoms with Crippen molar-refractivity contribution in [2.45, 2.75) is 38.5 Å². The normalized spacial score (nSPS) is 17.1. The summed E-state index contributed by atoms with van der Waals surface area (Å²) in [5.41, 5.74) is 4.47. The van der Waals surface area contributed by atoms with Crippen molar-refractivity contribution in [3.63, 3.8) is 0 Å². The van der Waals surface area contributed by atoms with E-state index < -0.39 is 10.0 Å². The molecule has 1 N–H and O–H groups in total. The third-order valence-corrected chi connectivity index (χ3v) is 6.32. The summed E-state index contributed by atoms with van der Waals surface area (Å²) in [6.45, 7) is 6.27. The van der Waals surface area contributed by atoms with Gasteiger partial charge in [-0.3, -0.25) is 0 Å². The molecule has 2 aromatic carbocycles. The second-order valence-corrected chi connectivity index (χ2v) is 9.80. The van der Waals surface area contributed by atoms with Gasteiger partial charge >= 0.3 is 0 Å². The lowest BCUT2D eigenvalue weighted by molar-refractivity contribution is 0.364. The topological polar surface area (TPSA) is 76.3 Å². The zero-order valence-electron chi connectivity index (χ0n) is 16.8. The number of hydrazone groups is 1. The number of nitrogens with zero attached hydrogens (tertiary/aromatic N) is 3. The van der Waals surface area contributed by atoms with Crippen LogP contribution in [0.25, 0.3) is 5.69 Å². The Morgan fingerprint density at radius 1 is 1.00 bits per heavy atom. The molecular formula is C22H24N4O2S. The molecule has 4 rings (SSSR count). The maximum absolute atomic E-state index is 12.6. The molecule has 1 aromatic heterocycles. The molecular weight excluding hydrogens is 384 g/mol. The molecule has 0 amide bonds. The average molecular weight is 409 g/mol. The van der Waals surface area contributed by atoms with Gasteiger partial charge in [0.15, 0.2) is 0 Å². The molecule has 3 aromatic rings. The first kappa shape index (κ1) is 19.4. The Hall–Kier alpha value is -2.93. The van der Waals surface area contributed by atoms with Crippen LogP contribution in [0.2, 0.25) is 0 Å². The van der Waals surface area contributed by atoms with Gasteiger partial charge in [0.2, 0.25) is 0 Å². The highest BCUT2D eigenvalue weighted by molar-refractivity contribution is 7.89. The van der Waals surface area contributed by atoms with Crippen LogP contribution >= 0.6 is 0 Å². The van der Waals surface area contributed by atoms with E-state index in [9.17, 15) is 8.42 Å². The van der Waals surface area contributed by atoms with E-state index in [1.807, 2.05) is 41.9 Å². The lowest BCUT2D eigenvalue weighted by atomic mass is 9.75. The molecule has 0 saturated heterocycles. The van der Waals surface area contributed by atoms with Gasteiger partial charge in [-0.25, -0.2) is 4.68 Å². The van der Waals surface area contributed by atoms with Gasteiger partial charge < -0.3 is 0 Å². The molecule has 0 fully saturated rings. The third-order valence-electron chi connectivity index (χ3n) is 5.09. The molecule has 150 valence electrons. The molecule has 1 aliphatic rings. The minimum absolute atomic E-state index is 0.0664. The van der Waals surface area contributed by atoms with Crippen LogP contribution < -0.4 is 4.83 Å². The van der Waals surface area contributed by atoms with Crippen LogP contribution in [0.5, 0.6) is 0 Å². The minimum atomic E-state index is -3.72. The lowest BCUT2D eigenvalue weighted by Crippen LogP contribution is -2.31. The van der Waals surface area contributed by atoms with Gasteiger partial charge in [-0.1, -0.05) is 50.2 Å². The van der Waals surface area contributed by atoms with Crippen molar-refractivity contribution >= 4 is 15.7 Å². The SMILES string of the molecule is Cc1nn(-c2ccccc2)c2c1/C(=N/NS(=O)(=O)c1ccccc1)CC(C)(C)C2. The number of para-hydroxylation sites is 1. The monoisotopic (exact) mass is 408 g/mol. The van der Waals surface area contributed by atoms with Crippen molar-refractivity contribution in [1.82, 2.24) is 14.6 Å². The summed E-state index contributed by atoms with van der Waals surface area (Å²) < 4.78 is 27.2. The molecule has 0 spiro atoms. The average Bonchev–Trinajstić information content (AvgIpc) is 3.03. The number of aryl methyl sites for hydroxylation is 1. The predicted molar refractivity (Wildman–Crippen MR) is 114 cm³/mol. The zero-order chi connectivity index (χ0) is 20.6. The van der Waals surface area contributed by atoms with Crippen molar-refractivity contribution in [3.05, 3.63) is 77.6 Å². The van der Waals surface area contributed by atoms with Crippen LogP contribution in [-0.4, -0.2) is 23.9 Å². The fraction of sp³-hybridized carbons (Fsp3) is 0.273. The Bertz CT molecular complexity index is 1160. The fourth-order valence-electron chi connectivity index (χ4n) is 3.82. The number of aromatic nitrogens is 2. The van der Waals surface area contributed by atoms with Crippen molar-refractivity contribution in [2.24, 2.45) is 10.5 Å². The predicted octanol–water partition coefficient (Wildman–Crippen LogP) is 3.84. The van der Waals surface area contributed by atoms with E-state index in [4.69, 9.17) is 5.10 Å². The van der Waals surface area contributed by atoms with E-state index in [1.165, 1.54) is 0 Å². The van der Waals surface area contributed by atoms with Crippen LogP contribution in [-0.2, 0) is 16.4 Å². The summed E-state index contributed by atoms with van der Waals surface area (Å²) in [5.74, 6) is 0. The van der Waals surface area contributed by atoms with Crippen molar-refractivity contribution in [3.8, 4) is 5.69 Å². The first-order chi connectivity index (χ1) is 13.8. The molecule has 0 saturated carbocycles. The van der Waals surface area contributed by atoms with E-state index in [0.29, 0.717) is 6.42 Å². The van der Waals surface area contributed by atoms with Crippen LogP contribution in [0, 0.1) is 12.3 Å². The number of nitrogens with one attached hydrogen (secondary N) is 1. The molecule has 0 radical (unpaired) electrons. The van der Waals surface area contributed by atoms with Gasteiger partial charge in [-0.15, -0.1) is 0 Å². The molecule has 0 unspecified atom stereocenters. The van der Waals surface area contributed by atoms with Crippen molar-refractivity contribution in [2.75, 3.05) is 0 Å². The quantitative estimate of drug-likeness (QED) is 0.667. The summed E-state index contributed by atoms with van der Waals surface area (Å²) in [5, 5.41) is 9.10. The van der Waals surface area contributed by atoms with E-state index >= 15 is 0 Å². The Morgan fingerprint density at radius 3 is 2.28 bits per heavy atom. The van der Waals surface area contributed by atoms with Gasteiger partial charge in [0, 0.05) is 5.56 Å². The number of fused-ring (bicyclic) bond motifs is 1. The number of hydrogen-bond donors (Lipinski definition) is 1. The fourth-order valence-corrected chi connectivity index (χ4v) is 4.67. The van der Waals surface area contributed by atoms with Crippen molar-refractivity contribution in [1.29, 1.82) is 0 Å². The largest absolute Gasteiger partial charge is 0.276 e. The summed E-state index contributed by atoms with van der Waals surface area (Å²) in [6.07, 6.45) is 1.50. The van der Waals surface area contributed by atoms with Crippen LogP contribution in [0.3, 0.4) is 0 Å². The highest BCUT2D eigenvalue weighted by atomic mass is 32.2. The highest BCUT2D eigenvalue weighted by Gasteiger charge is 2.35. The van der Waals surface area contributed by atoms with Gasteiger partial charge in [0.1, 0.15) is 0 Å². The lowest BCUT2D eigenvalue weighted by Gasteiger charge is -2.31. The van der Waals surface area contributed by atoms with E-state index in [1.54, 1.807) is 30.3 Å². The highest BCUT2D eigenvalue weighted by Crippen LogP contribution is 2.37. The number of sulfonamides is 1. The summed E-state index contributed by atoms with van der Waals surface area (Å²) in [7, 11) is -3.72. The number of benzene rings is 2. The van der Waals surface area contributed by atoms with Gasteiger partial charge in [0.05, 0.1) is 27.7 Å². The maximum atomic E-state index is 12.6. The summed E-state index contributed by atoms with van der Waals surface area (Å²) in [4.78, 5) is 2.61.